The maximum atomic E-state index is 8.92. The zero-order valence-electron chi connectivity index (χ0n) is 14.4. The highest BCUT2D eigenvalue weighted by Crippen LogP contribution is 2.09. The summed E-state index contributed by atoms with van der Waals surface area (Å²) in [6.07, 6.45) is 4.72. The molecule has 1 aliphatic heterocycles. The van der Waals surface area contributed by atoms with E-state index in [1.165, 1.54) is 0 Å². The molecule has 2 aromatic rings. The molecule has 0 aliphatic carbocycles. The van der Waals surface area contributed by atoms with Crippen molar-refractivity contribution in [2.24, 2.45) is 0 Å². The number of rotatable bonds is 7. The van der Waals surface area contributed by atoms with Crippen LogP contribution in [0.5, 0.6) is 0 Å². The fourth-order valence-electron chi connectivity index (χ4n) is 3.04. The molecule has 1 aromatic carbocycles. The lowest BCUT2D eigenvalue weighted by Crippen LogP contribution is -2.47. The first-order valence-electron chi connectivity index (χ1n) is 8.79. The average Bonchev–Trinajstić information content (AvgIpc) is 2.69. The van der Waals surface area contributed by atoms with Crippen LogP contribution in [-0.4, -0.2) is 54.1 Å². The summed E-state index contributed by atoms with van der Waals surface area (Å²) in [6, 6.07) is 11.8. The first kappa shape index (κ1) is 17.3. The quantitative estimate of drug-likeness (QED) is 0.776. The number of nitrogens with one attached hydrogen (secondary N) is 1. The van der Waals surface area contributed by atoms with Crippen LogP contribution in [0.1, 0.15) is 17.5 Å². The van der Waals surface area contributed by atoms with E-state index in [9.17, 15) is 0 Å². The molecule has 0 bridgehead atoms. The summed E-state index contributed by atoms with van der Waals surface area (Å²) in [6.45, 7) is 6.99. The van der Waals surface area contributed by atoms with Crippen molar-refractivity contribution in [3.8, 4) is 6.07 Å². The molecule has 0 radical (unpaired) electrons. The Bertz CT molecular complexity index is 689. The molecule has 0 amide bonds. The second kappa shape index (κ2) is 9.11. The van der Waals surface area contributed by atoms with E-state index in [4.69, 9.17) is 5.26 Å². The van der Waals surface area contributed by atoms with Crippen LogP contribution in [0.25, 0.3) is 0 Å². The van der Waals surface area contributed by atoms with Crippen LogP contribution >= 0.6 is 0 Å². The molecule has 0 saturated carbocycles. The summed E-state index contributed by atoms with van der Waals surface area (Å²) in [4.78, 5) is 13.4. The highest BCUT2D eigenvalue weighted by atomic mass is 15.3. The predicted octanol–water partition coefficient (Wildman–Crippen LogP) is 1.65. The van der Waals surface area contributed by atoms with Crippen molar-refractivity contribution in [2.45, 2.75) is 13.0 Å². The van der Waals surface area contributed by atoms with Crippen molar-refractivity contribution in [3.05, 3.63) is 53.9 Å². The molecule has 1 saturated heterocycles. The largest absolute Gasteiger partial charge is 0.338 e. The lowest BCUT2D eigenvalue weighted by molar-refractivity contribution is 0.253. The van der Waals surface area contributed by atoms with Gasteiger partial charge in [-0.05, 0) is 43.3 Å². The van der Waals surface area contributed by atoms with Crippen molar-refractivity contribution in [2.75, 3.05) is 44.2 Å². The maximum Gasteiger partial charge on any atom is 0.225 e. The maximum absolute atomic E-state index is 8.92. The third-order valence-corrected chi connectivity index (χ3v) is 4.42. The van der Waals surface area contributed by atoms with Gasteiger partial charge in [0.15, 0.2) is 0 Å². The van der Waals surface area contributed by atoms with Gasteiger partial charge in [0.1, 0.15) is 0 Å². The molecular formula is C19H24N6. The van der Waals surface area contributed by atoms with Gasteiger partial charge in [-0.2, -0.15) is 5.26 Å². The van der Waals surface area contributed by atoms with Gasteiger partial charge in [0.2, 0.25) is 5.95 Å². The van der Waals surface area contributed by atoms with Gasteiger partial charge in [-0.25, -0.2) is 9.97 Å². The standard InChI is InChI=1S/C19H24N6/c20-15-17-4-1-5-18(14-17)16-21-6-3-9-24-10-12-25(13-11-24)19-22-7-2-8-23-19/h1-2,4-5,7-8,14,21H,3,6,9-13,16H2. The van der Waals surface area contributed by atoms with Crippen LogP contribution in [0.2, 0.25) is 0 Å². The van der Waals surface area contributed by atoms with Gasteiger partial charge in [-0.3, -0.25) is 4.90 Å². The zero-order chi connectivity index (χ0) is 17.3. The molecule has 0 unspecified atom stereocenters. The molecule has 1 aliphatic rings. The Morgan fingerprint density at radius 1 is 1.08 bits per heavy atom. The SMILES string of the molecule is N#Cc1cccc(CNCCCN2CCN(c3ncccn3)CC2)c1. The van der Waals surface area contributed by atoms with E-state index in [0.29, 0.717) is 0 Å². The predicted molar refractivity (Wildman–Crippen MR) is 98.2 cm³/mol. The lowest BCUT2D eigenvalue weighted by atomic mass is 10.1. The molecular weight excluding hydrogens is 312 g/mol. The topological polar surface area (TPSA) is 68.1 Å². The Labute approximate surface area is 149 Å². The van der Waals surface area contributed by atoms with E-state index < -0.39 is 0 Å². The Balaban J connectivity index is 1.31. The molecule has 6 nitrogen and oxygen atoms in total. The van der Waals surface area contributed by atoms with Crippen molar-refractivity contribution >= 4 is 5.95 Å². The molecule has 0 atom stereocenters. The minimum absolute atomic E-state index is 0.722. The van der Waals surface area contributed by atoms with E-state index in [2.05, 4.69) is 37.2 Å². The van der Waals surface area contributed by atoms with E-state index in [1.807, 2.05) is 24.3 Å². The Morgan fingerprint density at radius 2 is 1.88 bits per heavy atom. The summed E-state index contributed by atoms with van der Waals surface area (Å²) in [7, 11) is 0. The van der Waals surface area contributed by atoms with Crippen molar-refractivity contribution in [1.29, 1.82) is 5.26 Å². The van der Waals surface area contributed by atoms with Crippen LogP contribution in [0, 0.1) is 11.3 Å². The molecule has 130 valence electrons. The fourth-order valence-corrected chi connectivity index (χ4v) is 3.04. The van der Waals surface area contributed by atoms with Crippen LogP contribution in [0.4, 0.5) is 5.95 Å². The van der Waals surface area contributed by atoms with Gasteiger partial charge in [0, 0.05) is 45.1 Å². The normalized spacial score (nSPS) is 15.1. The third kappa shape index (κ3) is 5.24. The van der Waals surface area contributed by atoms with Gasteiger partial charge in [-0.1, -0.05) is 12.1 Å². The summed E-state index contributed by atoms with van der Waals surface area (Å²) in [5.74, 6) is 0.836. The van der Waals surface area contributed by atoms with Crippen LogP contribution in [-0.2, 0) is 6.54 Å². The number of benzene rings is 1. The first-order chi connectivity index (χ1) is 12.3. The van der Waals surface area contributed by atoms with Gasteiger partial charge in [0.25, 0.3) is 0 Å². The average molecular weight is 336 g/mol. The molecule has 0 spiro atoms. The molecule has 6 heteroatoms. The van der Waals surface area contributed by atoms with Crippen LogP contribution in [0.3, 0.4) is 0 Å². The minimum Gasteiger partial charge on any atom is -0.338 e. The summed E-state index contributed by atoms with van der Waals surface area (Å²) in [5.41, 5.74) is 1.88. The third-order valence-electron chi connectivity index (χ3n) is 4.42. The van der Waals surface area contributed by atoms with Gasteiger partial charge >= 0.3 is 0 Å². The van der Waals surface area contributed by atoms with Gasteiger partial charge in [0.05, 0.1) is 11.6 Å². The Kier molecular flexibility index (Phi) is 6.32. The lowest BCUT2D eigenvalue weighted by Gasteiger charge is -2.34. The van der Waals surface area contributed by atoms with E-state index in [1.54, 1.807) is 12.4 Å². The van der Waals surface area contributed by atoms with Gasteiger partial charge < -0.3 is 10.2 Å². The van der Waals surface area contributed by atoms with Crippen molar-refractivity contribution in [1.82, 2.24) is 20.2 Å². The smallest absolute Gasteiger partial charge is 0.225 e. The number of hydrogen-bond donors (Lipinski definition) is 1. The van der Waals surface area contributed by atoms with E-state index >= 15 is 0 Å². The Hall–Kier alpha value is -2.49. The van der Waals surface area contributed by atoms with E-state index in [-0.39, 0.29) is 0 Å². The first-order valence-corrected chi connectivity index (χ1v) is 8.79. The number of nitriles is 1. The van der Waals surface area contributed by atoms with Gasteiger partial charge in [-0.15, -0.1) is 0 Å². The summed E-state index contributed by atoms with van der Waals surface area (Å²) >= 11 is 0. The number of aromatic nitrogens is 2. The minimum atomic E-state index is 0.722. The summed E-state index contributed by atoms with van der Waals surface area (Å²) in [5, 5.41) is 12.4. The molecule has 1 aromatic heterocycles. The van der Waals surface area contributed by atoms with Crippen molar-refractivity contribution < 1.29 is 0 Å². The molecule has 1 N–H and O–H groups in total. The Morgan fingerprint density at radius 3 is 2.64 bits per heavy atom. The molecule has 25 heavy (non-hydrogen) atoms. The number of anilines is 1. The summed E-state index contributed by atoms with van der Waals surface area (Å²) < 4.78 is 0. The number of nitrogens with zero attached hydrogens (tertiary/aromatic N) is 5. The van der Waals surface area contributed by atoms with Crippen LogP contribution in [0.15, 0.2) is 42.7 Å². The highest BCUT2D eigenvalue weighted by molar-refractivity contribution is 5.32. The van der Waals surface area contributed by atoms with Crippen LogP contribution < -0.4 is 10.2 Å². The molecule has 3 rings (SSSR count). The fraction of sp³-hybridized carbons (Fsp3) is 0.421. The molecule has 2 heterocycles. The van der Waals surface area contributed by atoms with Crippen molar-refractivity contribution in [3.63, 3.8) is 0 Å². The highest BCUT2D eigenvalue weighted by Gasteiger charge is 2.17. The number of hydrogen-bond acceptors (Lipinski definition) is 6. The zero-order valence-corrected chi connectivity index (χ0v) is 14.4. The number of piperazine rings is 1. The monoisotopic (exact) mass is 336 g/mol. The second-order valence-electron chi connectivity index (χ2n) is 6.22. The van der Waals surface area contributed by atoms with E-state index in [0.717, 1.165) is 69.3 Å². The molecule has 1 fully saturated rings. The second-order valence-corrected chi connectivity index (χ2v) is 6.22.